The standard InChI is InChI=1S/C74H88N10O10S2/c85-69(19-5-1-3-7-21-73(89)93-53-83-65-47-59(27-23-55(65)25-29-71(83)87)91-43-11-9-33-79-35-39-81(40-36-79)63-15-13-17-67-61(63)31-45-95-67)77-51-57-49-76-58(50-75-57)52-78-70(86)20-6-2-4-8-22-74(90)94-54-84-66-48-60(28-24-56(66)26-30-72(84)88)92-44-12-10-34-80-37-41-82(42-38-80)64-16-14-18-68-62(64)32-46-96-68/h13-18,23-32,45-50H,1-12,19-22,33-44,51-54H2,(H,77,85)(H,78,86). The number of anilines is 2. The summed E-state index contributed by atoms with van der Waals surface area (Å²) in [4.78, 5) is 95.5. The van der Waals surface area contributed by atoms with Gasteiger partial charge in [0.15, 0.2) is 13.5 Å². The molecule has 2 amide bonds. The molecule has 2 N–H and O–H groups in total. The van der Waals surface area contributed by atoms with Gasteiger partial charge in [-0.15, -0.1) is 22.7 Å². The Kier molecular flexibility index (Phi) is 25.3. The molecule has 11 rings (SSSR count). The molecule has 7 heterocycles. The van der Waals surface area contributed by atoms with Crippen molar-refractivity contribution in [3.05, 3.63) is 164 Å². The zero-order valence-corrected chi connectivity index (χ0v) is 56.4. The first-order valence-electron chi connectivity index (χ1n) is 34.1. The minimum absolute atomic E-state index is 0.109. The average Bonchev–Trinajstić information content (AvgIpc) is 1.20. The number of hydrogen-bond acceptors (Lipinski definition) is 18. The van der Waals surface area contributed by atoms with E-state index >= 15 is 0 Å². The summed E-state index contributed by atoms with van der Waals surface area (Å²) >= 11 is 3.58. The summed E-state index contributed by atoms with van der Waals surface area (Å²) in [6.45, 7) is 11.5. The Balaban J connectivity index is 0.484. The number of fused-ring (bicyclic) bond motifs is 4. The molecule has 0 bridgehead atoms. The van der Waals surface area contributed by atoms with Crippen LogP contribution in [-0.2, 0) is 55.2 Å². The lowest BCUT2D eigenvalue weighted by Gasteiger charge is -2.36. The summed E-state index contributed by atoms with van der Waals surface area (Å²) in [5, 5.41) is 14.5. The number of esters is 2. The largest absolute Gasteiger partial charge is 0.494 e. The molecule has 22 heteroatoms. The summed E-state index contributed by atoms with van der Waals surface area (Å²) in [5.41, 5.74) is 4.60. The average molecular weight is 1340 g/mol. The number of nitrogens with zero attached hydrogens (tertiary/aromatic N) is 8. The highest BCUT2D eigenvalue weighted by atomic mass is 32.1. The highest BCUT2D eigenvalue weighted by molar-refractivity contribution is 7.17. The van der Waals surface area contributed by atoms with Crippen LogP contribution in [0.5, 0.6) is 11.5 Å². The summed E-state index contributed by atoms with van der Waals surface area (Å²) in [6.07, 6.45) is 13.7. The zero-order chi connectivity index (χ0) is 66.3. The maximum atomic E-state index is 13.0. The van der Waals surface area contributed by atoms with Crippen LogP contribution in [0.1, 0.15) is 114 Å². The predicted octanol–water partition coefficient (Wildman–Crippen LogP) is 11.8. The quantitative estimate of drug-likeness (QED) is 0.0276. The molecule has 20 nitrogen and oxygen atoms in total. The Morgan fingerprint density at radius 3 is 1.29 bits per heavy atom. The van der Waals surface area contributed by atoms with E-state index in [0.29, 0.717) is 85.7 Å². The van der Waals surface area contributed by atoms with Crippen LogP contribution < -0.4 is 41.0 Å². The minimum atomic E-state index is -0.390. The number of nitrogens with one attached hydrogen (secondary N) is 2. The van der Waals surface area contributed by atoms with Crippen LogP contribution in [0, 0.1) is 0 Å². The van der Waals surface area contributed by atoms with Gasteiger partial charge in [0.1, 0.15) is 11.5 Å². The number of amides is 2. The van der Waals surface area contributed by atoms with Crippen LogP contribution in [0.3, 0.4) is 0 Å². The topological polar surface area (TPSA) is 212 Å². The van der Waals surface area contributed by atoms with Crippen molar-refractivity contribution in [1.82, 2.24) is 39.5 Å². The number of rotatable bonds is 36. The summed E-state index contributed by atoms with van der Waals surface area (Å²) in [7, 11) is 0. The van der Waals surface area contributed by atoms with Gasteiger partial charge in [-0.3, -0.25) is 57.7 Å². The molecule has 0 aliphatic carbocycles. The molecule has 0 radical (unpaired) electrons. The summed E-state index contributed by atoms with van der Waals surface area (Å²) in [6, 6.07) is 35.4. The van der Waals surface area contributed by atoms with Crippen molar-refractivity contribution in [1.29, 1.82) is 0 Å². The van der Waals surface area contributed by atoms with Crippen LogP contribution in [0.2, 0.25) is 0 Å². The number of piperazine rings is 2. The van der Waals surface area contributed by atoms with Crippen molar-refractivity contribution in [3.63, 3.8) is 0 Å². The molecule has 4 aromatic carbocycles. The molecule has 9 aromatic rings. The van der Waals surface area contributed by atoms with Crippen molar-refractivity contribution < 1.29 is 38.1 Å². The van der Waals surface area contributed by atoms with Gasteiger partial charge < -0.3 is 39.4 Å². The van der Waals surface area contributed by atoms with E-state index < -0.39 is 0 Å². The lowest BCUT2D eigenvalue weighted by molar-refractivity contribution is -0.148. The number of ether oxygens (including phenoxy) is 4. The van der Waals surface area contributed by atoms with Gasteiger partial charge in [0.05, 0.1) is 61.1 Å². The van der Waals surface area contributed by atoms with Gasteiger partial charge >= 0.3 is 11.9 Å². The van der Waals surface area contributed by atoms with E-state index in [1.54, 1.807) is 47.2 Å². The van der Waals surface area contributed by atoms with E-state index in [-0.39, 0.29) is 74.3 Å². The van der Waals surface area contributed by atoms with Gasteiger partial charge in [0.2, 0.25) is 11.8 Å². The van der Waals surface area contributed by atoms with Gasteiger partial charge in [0, 0.05) is 134 Å². The lowest BCUT2D eigenvalue weighted by Crippen LogP contribution is -2.46. The maximum Gasteiger partial charge on any atom is 0.307 e. The SMILES string of the molecule is O=C(CCCCCCC(=O)OCn1c(=O)ccc2ccc(OCCCCN3CCN(c4cccc5sccc45)CC3)cc21)NCc1cnc(CNC(=O)CCCCCCC(=O)OCn2c(=O)ccc3ccc(OCCCCN4CCN(c5cccc6sccc56)CC4)cc32)cn1. The molecule has 2 saturated heterocycles. The molecule has 0 atom stereocenters. The van der Waals surface area contributed by atoms with E-state index in [1.807, 2.05) is 36.4 Å². The second kappa shape index (κ2) is 35.3. The van der Waals surface area contributed by atoms with Crippen LogP contribution >= 0.6 is 22.7 Å². The Labute approximate surface area is 568 Å². The number of thiophene rings is 2. The Morgan fingerprint density at radius 1 is 0.448 bits per heavy atom. The Morgan fingerprint density at radius 2 is 0.865 bits per heavy atom. The Bertz CT molecular complexity index is 3890. The zero-order valence-electron chi connectivity index (χ0n) is 54.8. The third kappa shape index (κ3) is 19.7. The molecule has 2 fully saturated rings. The molecular weight excluding hydrogens is 1250 g/mol. The monoisotopic (exact) mass is 1340 g/mol. The first kappa shape index (κ1) is 68.7. The Hall–Kier alpha value is -8.70. The van der Waals surface area contributed by atoms with Crippen LogP contribution in [0.4, 0.5) is 11.4 Å². The fourth-order valence-electron chi connectivity index (χ4n) is 12.5. The minimum Gasteiger partial charge on any atom is -0.494 e. The number of benzene rings is 4. The van der Waals surface area contributed by atoms with E-state index in [9.17, 15) is 28.8 Å². The first-order valence-corrected chi connectivity index (χ1v) is 35.9. The molecule has 0 saturated carbocycles. The van der Waals surface area contributed by atoms with E-state index in [1.165, 1.54) is 52.8 Å². The summed E-state index contributed by atoms with van der Waals surface area (Å²) < 4.78 is 29.0. The second-order valence-electron chi connectivity index (χ2n) is 24.8. The van der Waals surface area contributed by atoms with Crippen molar-refractivity contribution in [2.24, 2.45) is 0 Å². The van der Waals surface area contributed by atoms with E-state index in [4.69, 9.17) is 18.9 Å². The van der Waals surface area contributed by atoms with Gasteiger partial charge in [-0.1, -0.05) is 37.8 Å². The smallest absolute Gasteiger partial charge is 0.307 e. The number of unbranched alkanes of at least 4 members (excludes halogenated alkanes) is 8. The number of carbonyl (C=O) groups is 4. The number of carbonyl (C=O) groups excluding carboxylic acids is 4. The second-order valence-corrected chi connectivity index (χ2v) is 26.7. The number of hydrogen-bond donors (Lipinski definition) is 2. The highest BCUT2D eigenvalue weighted by Gasteiger charge is 2.21. The number of aromatic nitrogens is 4. The van der Waals surface area contributed by atoms with Crippen molar-refractivity contribution in [3.8, 4) is 11.5 Å². The van der Waals surface area contributed by atoms with Crippen molar-refractivity contribution >= 4 is 99.8 Å². The van der Waals surface area contributed by atoms with Crippen molar-refractivity contribution in [2.45, 2.75) is 129 Å². The molecule has 2 aliphatic rings. The van der Waals surface area contributed by atoms with Gasteiger partial charge in [-0.2, -0.15) is 0 Å². The van der Waals surface area contributed by atoms with Crippen LogP contribution in [0.15, 0.2) is 142 Å². The summed E-state index contributed by atoms with van der Waals surface area (Å²) in [5.74, 6) is 0.330. The fraction of sp³-hybridized carbons (Fsp3) is 0.432. The molecule has 96 heavy (non-hydrogen) atoms. The maximum absolute atomic E-state index is 13.0. The molecule has 0 unspecified atom stereocenters. The number of pyridine rings is 2. The molecule has 0 spiro atoms. The van der Waals surface area contributed by atoms with Gasteiger partial charge in [0.25, 0.3) is 11.1 Å². The molecule has 506 valence electrons. The predicted molar refractivity (Wildman–Crippen MR) is 380 cm³/mol. The fourth-order valence-corrected chi connectivity index (χ4v) is 14.1. The third-order valence-electron chi connectivity index (χ3n) is 18.0. The van der Waals surface area contributed by atoms with E-state index in [0.717, 1.165) is 128 Å². The molecule has 5 aromatic heterocycles. The lowest BCUT2D eigenvalue weighted by atomic mass is 10.1. The molecule has 2 aliphatic heterocycles. The van der Waals surface area contributed by atoms with E-state index in [2.05, 4.69) is 99.5 Å². The normalized spacial score (nSPS) is 13.8. The molecular formula is C74H88N10O10S2. The van der Waals surface area contributed by atoms with Crippen LogP contribution in [0.25, 0.3) is 42.0 Å². The van der Waals surface area contributed by atoms with Crippen molar-refractivity contribution in [2.75, 3.05) is 88.5 Å². The van der Waals surface area contributed by atoms with Gasteiger partial charge in [-0.05, 0) is 159 Å². The first-order chi connectivity index (χ1) is 47.1. The van der Waals surface area contributed by atoms with Crippen LogP contribution in [-0.4, -0.2) is 131 Å². The van der Waals surface area contributed by atoms with Gasteiger partial charge in [-0.25, -0.2) is 0 Å². The highest BCUT2D eigenvalue weighted by Crippen LogP contribution is 2.33. The third-order valence-corrected chi connectivity index (χ3v) is 19.8.